The van der Waals surface area contributed by atoms with Gasteiger partial charge in [0.2, 0.25) is 0 Å². The van der Waals surface area contributed by atoms with Gasteiger partial charge >= 0.3 is 0 Å². The molecule has 2 aromatic rings. The zero-order chi connectivity index (χ0) is 11.5. The molecule has 3 heteroatoms. The van der Waals surface area contributed by atoms with Crippen molar-refractivity contribution in [1.82, 2.24) is 9.97 Å². The van der Waals surface area contributed by atoms with Crippen molar-refractivity contribution >= 4 is 5.82 Å². The lowest BCUT2D eigenvalue weighted by atomic mass is 10.0. The van der Waals surface area contributed by atoms with Crippen molar-refractivity contribution in [2.45, 2.75) is 20.3 Å². The van der Waals surface area contributed by atoms with E-state index in [4.69, 9.17) is 5.73 Å². The number of hydrogen-bond acceptors (Lipinski definition) is 3. The molecule has 16 heavy (non-hydrogen) atoms. The number of hydrogen-bond donors (Lipinski definition) is 1. The Bertz CT molecular complexity index is 486. The van der Waals surface area contributed by atoms with Crippen LogP contribution in [0.25, 0.3) is 0 Å². The van der Waals surface area contributed by atoms with Crippen LogP contribution in [0.5, 0.6) is 0 Å². The second-order valence-electron chi connectivity index (χ2n) is 4.07. The van der Waals surface area contributed by atoms with Gasteiger partial charge < -0.3 is 5.73 Å². The van der Waals surface area contributed by atoms with E-state index in [2.05, 4.69) is 42.0 Å². The van der Waals surface area contributed by atoms with Gasteiger partial charge in [-0.25, -0.2) is 9.97 Å². The van der Waals surface area contributed by atoms with E-state index in [0.717, 1.165) is 12.2 Å². The standard InChI is InChI=1S/C13H15N3/c1-9-5-10(2)7-11(6-9)8-13-15-4-3-12(14)16-13/h3-7H,8H2,1-2H3,(H2,14,15,16). The van der Waals surface area contributed by atoms with Gasteiger partial charge in [-0.05, 0) is 25.5 Å². The van der Waals surface area contributed by atoms with Gasteiger partial charge in [-0.1, -0.05) is 29.3 Å². The average Bonchev–Trinajstić information content (AvgIpc) is 2.15. The van der Waals surface area contributed by atoms with Gasteiger partial charge in [-0.2, -0.15) is 0 Å². The largest absolute Gasteiger partial charge is 0.384 e. The van der Waals surface area contributed by atoms with Gasteiger partial charge in [-0.3, -0.25) is 0 Å². The van der Waals surface area contributed by atoms with Crippen molar-refractivity contribution in [1.29, 1.82) is 0 Å². The van der Waals surface area contributed by atoms with Gasteiger partial charge in [0.25, 0.3) is 0 Å². The molecule has 0 saturated heterocycles. The highest BCUT2D eigenvalue weighted by atomic mass is 14.9. The molecule has 0 atom stereocenters. The molecule has 1 aromatic carbocycles. The highest BCUT2D eigenvalue weighted by Crippen LogP contribution is 2.12. The monoisotopic (exact) mass is 213 g/mol. The quantitative estimate of drug-likeness (QED) is 0.832. The minimum absolute atomic E-state index is 0.523. The Labute approximate surface area is 95.4 Å². The van der Waals surface area contributed by atoms with Gasteiger partial charge in [0.05, 0.1) is 0 Å². The van der Waals surface area contributed by atoms with E-state index in [-0.39, 0.29) is 0 Å². The van der Waals surface area contributed by atoms with Crippen LogP contribution in [-0.2, 0) is 6.42 Å². The number of benzene rings is 1. The molecule has 2 N–H and O–H groups in total. The Kier molecular flexibility index (Phi) is 2.86. The molecule has 0 spiro atoms. The van der Waals surface area contributed by atoms with E-state index in [1.54, 1.807) is 12.3 Å². The summed E-state index contributed by atoms with van der Waals surface area (Å²) < 4.78 is 0. The Morgan fingerprint density at radius 1 is 1.12 bits per heavy atom. The minimum Gasteiger partial charge on any atom is -0.384 e. The Hall–Kier alpha value is -1.90. The van der Waals surface area contributed by atoms with E-state index in [0.29, 0.717) is 5.82 Å². The lowest BCUT2D eigenvalue weighted by Crippen LogP contribution is -2.00. The van der Waals surface area contributed by atoms with Crippen LogP contribution in [-0.4, -0.2) is 9.97 Å². The van der Waals surface area contributed by atoms with Crippen LogP contribution in [0.4, 0.5) is 5.82 Å². The molecule has 0 unspecified atom stereocenters. The second-order valence-corrected chi connectivity index (χ2v) is 4.07. The number of rotatable bonds is 2. The number of anilines is 1. The third-order valence-electron chi connectivity index (χ3n) is 2.37. The highest BCUT2D eigenvalue weighted by Gasteiger charge is 2.01. The van der Waals surface area contributed by atoms with Crippen LogP contribution in [0, 0.1) is 13.8 Å². The molecule has 0 saturated carbocycles. The number of nitrogens with two attached hydrogens (primary N) is 1. The summed E-state index contributed by atoms with van der Waals surface area (Å²) in [7, 11) is 0. The zero-order valence-electron chi connectivity index (χ0n) is 9.57. The second kappa shape index (κ2) is 4.31. The lowest BCUT2D eigenvalue weighted by Gasteiger charge is -2.04. The van der Waals surface area contributed by atoms with Crippen LogP contribution in [0.15, 0.2) is 30.5 Å². The lowest BCUT2D eigenvalue weighted by molar-refractivity contribution is 0.971. The predicted molar refractivity (Wildman–Crippen MR) is 65.2 cm³/mol. The van der Waals surface area contributed by atoms with Crippen molar-refractivity contribution in [3.63, 3.8) is 0 Å². The summed E-state index contributed by atoms with van der Waals surface area (Å²) in [6.45, 7) is 4.19. The first-order valence-corrected chi connectivity index (χ1v) is 5.28. The molecule has 1 heterocycles. The normalized spacial score (nSPS) is 10.4. The maximum atomic E-state index is 5.62. The maximum absolute atomic E-state index is 5.62. The summed E-state index contributed by atoms with van der Waals surface area (Å²) >= 11 is 0. The summed E-state index contributed by atoms with van der Waals surface area (Å²) in [5.41, 5.74) is 9.37. The third-order valence-corrected chi connectivity index (χ3v) is 2.37. The molecular weight excluding hydrogens is 198 g/mol. The molecule has 3 nitrogen and oxygen atoms in total. The molecule has 82 valence electrons. The van der Waals surface area contributed by atoms with Crippen LogP contribution in [0.2, 0.25) is 0 Å². The Morgan fingerprint density at radius 2 is 1.81 bits per heavy atom. The van der Waals surface area contributed by atoms with Gasteiger partial charge in [-0.15, -0.1) is 0 Å². The summed E-state index contributed by atoms with van der Waals surface area (Å²) in [6, 6.07) is 8.16. The van der Waals surface area contributed by atoms with Gasteiger partial charge in [0.15, 0.2) is 0 Å². The van der Waals surface area contributed by atoms with E-state index >= 15 is 0 Å². The van der Waals surface area contributed by atoms with E-state index in [9.17, 15) is 0 Å². The van der Waals surface area contributed by atoms with Crippen LogP contribution < -0.4 is 5.73 Å². The smallest absolute Gasteiger partial charge is 0.135 e. The van der Waals surface area contributed by atoms with Gasteiger partial charge in [0, 0.05) is 12.6 Å². The molecule has 0 aliphatic rings. The van der Waals surface area contributed by atoms with E-state index in [1.165, 1.54) is 16.7 Å². The number of nitrogen functional groups attached to an aromatic ring is 1. The molecule has 2 rings (SSSR count). The molecule has 0 aliphatic carbocycles. The summed E-state index contributed by atoms with van der Waals surface area (Å²) in [6.07, 6.45) is 2.42. The molecule has 0 amide bonds. The molecule has 0 aliphatic heterocycles. The first-order valence-electron chi connectivity index (χ1n) is 5.28. The molecule has 0 fully saturated rings. The van der Waals surface area contributed by atoms with Crippen LogP contribution >= 0.6 is 0 Å². The first-order chi connectivity index (χ1) is 7.63. The number of aryl methyl sites for hydroxylation is 2. The van der Waals surface area contributed by atoms with Crippen molar-refractivity contribution < 1.29 is 0 Å². The van der Waals surface area contributed by atoms with Crippen molar-refractivity contribution in [2.75, 3.05) is 5.73 Å². The van der Waals surface area contributed by atoms with Crippen LogP contribution in [0.1, 0.15) is 22.5 Å². The molecular formula is C13H15N3. The predicted octanol–water partition coefficient (Wildman–Crippen LogP) is 2.27. The van der Waals surface area contributed by atoms with E-state index in [1.807, 2.05) is 0 Å². The molecule has 0 bridgehead atoms. The van der Waals surface area contributed by atoms with Crippen molar-refractivity contribution in [2.24, 2.45) is 0 Å². The summed E-state index contributed by atoms with van der Waals surface area (Å²) in [5.74, 6) is 1.29. The average molecular weight is 213 g/mol. The fourth-order valence-electron chi connectivity index (χ4n) is 1.85. The molecule has 1 aromatic heterocycles. The number of aromatic nitrogens is 2. The summed E-state index contributed by atoms with van der Waals surface area (Å²) in [5, 5.41) is 0. The Morgan fingerprint density at radius 3 is 2.44 bits per heavy atom. The molecule has 0 radical (unpaired) electrons. The summed E-state index contributed by atoms with van der Waals surface area (Å²) in [4.78, 5) is 8.40. The zero-order valence-corrected chi connectivity index (χ0v) is 9.57. The maximum Gasteiger partial charge on any atom is 0.135 e. The SMILES string of the molecule is Cc1cc(C)cc(Cc2nccc(N)n2)c1. The van der Waals surface area contributed by atoms with Crippen molar-refractivity contribution in [3.8, 4) is 0 Å². The third kappa shape index (κ3) is 2.57. The van der Waals surface area contributed by atoms with Crippen molar-refractivity contribution in [3.05, 3.63) is 53.0 Å². The Balaban J connectivity index is 2.27. The van der Waals surface area contributed by atoms with Gasteiger partial charge in [0.1, 0.15) is 11.6 Å². The number of nitrogens with zero attached hydrogens (tertiary/aromatic N) is 2. The van der Waals surface area contributed by atoms with Crippen LogP contribution in [0.3, 0.4) is 0 Å². The fourth-order valence-corrected chi connectivity index (χ4v) is 1.85. The minimum atomic E-state index is 0.523. The fraction of sp³-hybridized carbons (Fsp3) is 0.231. The topological polar surface area (TPSA) is 51.8 Å². The van der Waals surface area contributed by atoms with E-state index < -0.39 is 0 Å². The first kappa shape index (κ1) is 10.6. The highest BCUT2D eigenvalue weighted by molar-refractivity contribution is 5.32.